The van der Waals surface area contributed by atoms with Gasteiger partial charge in [-0.3, -0.25) is 19.6 Å². The Morgan fingerprint density at radius 2 is 0.600 bits per heavy atom. The minimum atomic E-state index is -1.65. The summed E-state index contributed by atoms with van der Waals surface area (Å²) in [6, 6.07) is 0. The quantitative estimate of drug-likeness (QED) is 0.0304. The first-order valence-electron chi connectivity index (χ1n) is 13.4. The lowest BCUT2D eigenvalue weighted by Crippen LogP contribution is -2.33. The fourth-order valence-electron chi connectivity index (χ4n) is 3.76. The Hall–Kier alpha value is -5.16. The Balaban J connectivity index is 0.000000270. The Morgan fingerprint density at radius 3 is 0.760 bits per heavy atom. The highest BCUT2D eigenvalue weighted by Gasteiger charge is 2.46. The van der Waals surface area contributed by atoms with Crippen LogP contribution in [0.1, 0.15) is 0 Å². The van der Waals surface area contributed by atoms with Gasteiger partial charge in [-0.25, -0.2) is 19.2 Å². The third-order valence-corrected chi connectivity index (χ3v) is 6.32. The monoisotopic (exact) mass is 732 g/mol. The zero-order chi connectivity index (χ0) is 37.4. The molecule has 26 heteroatoms. The fourth-order valence-corrected chi connectivity index (χ4v) is 3.76. The number of hydrogen-bond acceptors (Lipinski definition) is 26. The molecule has 12 N–H and O–H groups in total. The SMILES string of the molecule is O=C1O[C@H]([C@@H](O)CO)C(OOOC2=C(O)C(=O)O[C@@H]2[C@@H](O)CO)=C1O.O=C1O[C@H]([C@@H](O)CO)C(OOOC2=C(O)C(=O)O[C@@H]2[C@@H](O)CO)=C1O. The van der Waals surface area contributed by atoms with E-state index in [1.807, 2.05) is 0 Å². The molecule has 50 heavy (non-hydrogen) atoms. The smallest absolute Gasteiger partial charge is 0.378 e. The molecule has 0 saturated carbocycles. The van der Waals surface area contributed by atoms with Gasteiger partial charge < -0.3 is 80.2 Å². The van der Waals surface area contributed by atoms with Crippen LogP contribution in [0.3, 0.4) is 0 Å². The molecule has 0 aliphatic carbocycles. The highest BCUT2D eigenvalue weighted by molar-refractivity contribution is 5.90. The van der Waals surface area contributed by atoms with E-state index < -0.39 is 145 Å². The van der Waals surface area contributed by atoms with Crippen molar-refractivity contribution in [3.8, 4) is 0 Å². The van der Waals surface area contributed by atoms with E-state index in [0.29, 0.717) is 0 Å². The molecule has 280 valence electrons. The summed E-state index contributed by atoms with van der Waals surface area (Å²) in [5, 5.41) is 120. The molecule has 4 rings (SSSR count). The molecule has 4 aliphatic rings. The van der Waals surface area contributed by atoms with Gasteiger partial charge >= 0.3 is 23.9 Å². The van der Waals surface area contributed by atoms with E-state index in [4.69, 9.17) is 20.4 Å². The average Bonchev–Trinajstić information content (AvgIpc) is 3.77. The van der Waals surface area contributed by atoms with E-state index in [2.05, 4.69) is 48.6 Å². The maximum atomic E-state index is 11.2. The van der Waals surface area contributed by atoms with E-state index in [0.717, 1.165) is 0 Å². The van der Waals surface area contributed by atoms with Crippen LogP contribution in [0.2, 0.25) is 0 Å². The second-order valence-electron chi connectivity index (χ2n) is 9.62. The number of esters is 4. The maximum Gasteiger partial charge on any atom is 0.378 e. The van der Waals surface area contributed by atoms with Gasteiger partial charge in [0.25, 0.3) is 0 Å². The van der Waals surface area contributed by atoms with Gasteiger partial charge in [-0.2, -0.15) is 0 Å². The average molecular weight is 732 g/mol. The molecule has 0 radical (unpaired) electrons. The van der Waals surface area contributed by atoms with E-state index in [9.17, 15) is 60.0 Å². The first-order chi connectivity index (χ1) is 23.6. The Bertz CT molecular complexity index is 1220. The Labute approximate surface area is 274 Å². The van der Waals surface area contributed by atoms with E-state index >= 15 is 0 Å². The second-order valence-corrected chi connectivity index (χ2v) is 9.62. The largest absolute Gasteiger partial charge is 0.499 e. The number of carbonyl (C=O) groups excluding carboxylic acids is 4. The molecular weight excluding hydrogens is 704 g/mol. The standard InChI is InChI=1S/2C12H14O13/c2*13-1-3(15)7-9(5(17)11(19)21-7)23-25-24-10-6(18)12(20)22-8(10)4(16)2-14/h2*3-4,7-8,13-18H,1-2H2/t2*3-,4-,7+,8+/m00/s1. The summed E-state index contributed by atoms with van der Waals surface area (Å²) in [5.74, 6) is -12.4. The van der Waals surface area contributed by atoms with E-state index in [-0.39, 0.29) is 0 Å². The van der Waals surface area contributed by atoms with Crippen molar-refractivity contribution in [1.82, 2.24) is 0 Å². The van der Waals surface area contributed by atoms with Gasteiger partial charge in [0.15, 0.2) is 24.4 Å². The van der Waals surface area contributed by atoms with Crippen molar-refractivity contribution in [3.05, 3.63) is 46.1 Å². The van der Waals surface area contributed by atoms with Gasteiger partial charge in [-0.1, -0.05) is 0 Å². The molecule has 26 nitrogen and oxygen atoms in total. The van der Waals surface area contributed by atoms with Crippen molar-refractivity contribution in [1.29, 1.82) is 0 Å². The molecule has 0 aromatic rings. The van der Waals surface area contributed by atoms with Crippen molar-refractivity contribution < 1.29 is 129 Å². The lowest BCUT2D eigenvalue weighted by atomic mass is 10.2. The molecular formula is C24H28O26. The van der Waals surface area contributed by atoms with Crippen LogP contribution in [0.4, 0.5) is 0 Å². The number of aliphatic hydroxyl groups excluding tert-OH is 12. The van der Waals surface area contributed by atoms with E-state index in [1.165, 1.54) is 0 Å². The van der Waals surface area contributed by atoms with Crippen LogP contribution >= 0.6 is 0 Å². The van der Waals surface area contributed by atoms with E-state index in [1.54, 1.807) is 0 Å². The Kier molecular flexibility index (Phi) is 13.3. The zero-order valence-corrected chi connectivity index (χ0v) is 24.5. The Morgan fingerprint density at radius 1 is 0.420 bits per heavy atom. The normalized spacial score (nSPS) is 25.8. The van der Waals surface area contributed by atoms with Gasteiger partial charge in [0.1, 0.15) is 24.4 Å². The number of aliphatic hydroxyl groups is 12. The topological polar surface area (TPSA) is 403 Å². The van der Waals surface area contributed by atoms with Crippen molar-refractivity contribution in [3.63, 3.8) is 0 Å². The lowest BCUT2D eigenvalue weighted by Gasteiger charge is -2.18. The third-order valence-electron chi connectivity index (χ3n) is 6.32. The first-order valence-corrected chi connectivity index (χ1v) is 13.4. The zero-order valence-electron chi connectivity index (χ0n) is 24.5. The fraction of sp³-hybridized carbons (Fsp3) is 0.500. The molecule has 4 aliphatic heterocycles. The van der Waals surface area contributed by atoms with Crippen molar-refractivity contribution in [2.45, 2.75) is 48.8 Å². The highest BCUT2D eigenvalue weighted by Crippen LogP contribution is 2.30. The summed E-state index contributed by atoms with van der Waals surface area (Å²) >= 11 is 0. The first kappa shape index (κ1) is 39.3. The third kappa shape index (κ3) is 8.34. The maximum absolute atomic E-state index is 11.2. The number of cyclic esters (lactones) is 4. The molecule has 0 aromatic heterocycles. The molecule has 0 spiro atoms. The van der Waals surface area contributed by atoms with Crippen LogP contribution in [-0.2, 0) is 67.8 Å². The predicted molar refractivity (Wildman–Crippen MR) is 137 cm³/mol. The van der Waals surface area contributed by atoms with Crippen LogP contribution in [0.5, 0.6) is 0 Å². The summed E-state index contributed by atoms with van der Waals surface area (Å²) in [4.78, 5) is 62.8. The molecule has 0 fully saturated rings. The molecule has 0 bridgehead atoms. The van der Waals surface area contributed by atoms with Crippen molar-refractivity contribution in [2.24, 2.45) is 0 Å². The molecule has 4 heterocycles. The van der Waals surface area contributed by atoms with Crippen LogP contribution < -0.4 is 0 Å². The summed E-state index contributed by atoms with van der Waals surface area (Å²) in [5.41, 5.74) is 0. The second kappa shape index (κ2) is 17.0. The number of rotatable bonds is 16. The number of ether oxygens (including phenoxy) is 4. The van der Waals surface area contributed by atoms with Gasteiger partial charge in [0.2, 0.25) is 46.1 Å². The molecule has 8 atom stereocenters. The van der Waals surface area contributed by atoms with Crippen molar-refractivity contribution >= 4 is 23.9 Å². The highest BCUT2D eigenvalue weighted by atomic mass is 17.5. The minimum Gasteiger partial charge on any atom is -0.499 e. The van der Waals surface area contributed by atoms with Gasteiger partial charge in [-0.05, 0) is 0 Å². The molecule has 0 amide bonds. The summed E-state index contributed by atoms with van der Waals surface area (Å²) in [6.07, 6.45) is -13.0. The number of hydrogen-bond donors (Lipinski definition) is 12. The van der Waals surface area contributed by atoms with Crippen LogP contribution in [0, 0.1) is 0 Å². The van der Waals surface area contributed by atoms with Crippen molar-refractivity contribution in [2.75, 3.05) is 26.4 Å². The summed E-state index contributed by atoms with van der Waals surface area (Å²) in [7, 11) is 0. The predicted octanol–water partition coefficient (Wildman–Crippen LogP) is -6.07. The van der Waals surface area contributed by atoms with Crippen LogP contribution in [-0.4, -0.2) is 160 Å². The number of carbonyl (C=O) groups is 4. The molecule has 0 aromatic carbocycles. The minimum absolute atomic E-state index is 0.754. The van der Waals surface area contributed by atoms with Gasteiger partial charge in [0, 0.05) is 10.1 Å². The van der Waals surface area contributed by atoms with Gasteiger partial charge in [-0.15, -0.1) is 0 Å². The molecule has 0 saturated heterocycles. The summed E-state index contributed by atoms with van der Waals surface area (Å²) in [6.45, 7) is -3.40. The lowest BCUT2D eigenvalue weighted by molar-refractivity contribution is -0.485. The summed E-state index contributed by atoms with van der Waals surface area (Å²) < 4.78 is 18.1. The molecule has 0 unspecified atom stereocenters. The van der Waals surface area contributed by atoms with Crippen LogP contribution in [0.25, 0.3) is 0 Å². The van der Waals surface area contributed by atoms with Gasteiger partial charge in [0.05, 0.1) is 26.4 Å². The van der Waals surface area contributed by atoms with Crippen LogP contribution in [0.15, 0.2) is 46.1 Å².